The van der Waals surface area contributed by atoms with Crippen LogP contribution in [0.1, 0.15) is 46.0 Å². The van der Waals surface area contributed by atoms with Gasteiger partial charge >= 0.3 is 0 Å². The Morgan fingerprint density at radius 3 is 2.71 bits per heavy atom. The van der Waals surface area contributed by atoms with E-state index in [4.69, 9.17) is 4.74 Å². The Morgan fingerprint density at radius 1 is 1.24 bits per heavy atom. The standard InChI is InChI=1S/C14H28N2O/c1-14(2)12-16(10-11-17-14)9-8-15-13-6-4-3-5-7-13/h13,15H,3-12H2,1-2H3. The highest BCUT2D eigenvalue weighted by Gasteiger charge is 2.26. The van der Waals surface area contributed by atoms with Crippen molar-refractivity contribution in [3.8, 4) is 0 Å². The molecule has 0 atom stereocenters. The zero-order valence-electron chi connectivity index (χ0n) is 11.5. The molecule has 17 heavy (non-hydrogen) atoms. The number of rotatable bonds is 4. The first-order chi connectivity index (χ1) is 8.16. The van der Waals surface area contributed by atoms with Crippen LogP contribution in [0.15, 0.2) is 0 Å². The average Bonchev–Trinajstić information content (AvgIpc) is 2.29. The second-order valence-corrected chi connectivity index (χ2v) is 6.17. The van der Waals surface area contributed by atoms with Gasteiger partial charge in [0.1, 0.15) is 0 Å². The fourth-order valence-corrected chi connectivity index (χ4v) is 3.04. The van der Waals surface area contributed by atoms with Crippen LogP contribution in [0.4, 0.5) is 0 Å². The summed E-state index contributed by atoms with van der Waals surface area (Å²) in [6, 6.07) is 0.790. The Labute approximate surface area is 106 Å². The second kappa shape index (κ2) is 6.17. The van der Waals surface area contributed by atoms with Gasteiger partial charge in [0, 0.05) is 32.2 Å². The maximum Gasteiger partial charge on any atom is 0.0753 e. The molecular weight excluding hydrogens is 212 g/mol. The van der Waals surface area contributed by atoms with Crippen molar-refractivity contribution in [2.24, 2.45) is 0 Å². The first-order valence-electron chi connectivity index (χ1n) is 7.25. The zero-order chi connectivity index (χ0) is 12.1. The summed E-state index contributed by atoms with van der Waals surface area (Å²) < 4.78 is 5.73. The minimum Gasteiger partial charge on any atom is -0.373 e. The Kier molecular flexibility index (Phi) is 4.83. The maximum absolute atomic E-state index is 5.73. The van der Waals surface area contributed by atoms with Crippen LogP contribution in [0.25, 0.3) is 0 Å². The molecule has 2 rings (SSSR count). The van der Waals surface area contributed by atoms with Gasteiger partial charge in [-0.15, -0.1) is 0 Å². The zero-order valence-corrected chi connectivity index (χ0v) is 11.5. The number of nitrogens with one attached hydrogen (secondary N) is 1. The predicted octanol–water partition coefficient (Wildman–Crippen LogP) is 2.02. The van der Waals surface area contributed by atoms with E-state index in [0.29, 0.717) is 0 Å². The Hall–Kier alpha value is -0.120. The molecule has 0 unspecified atom stereocenters. The molecule has 3 nitrogen and oxygen atoms in total. The largest absolute Gasteiger partial charge is 0.373 e. The fraction of sp³-hybridized carbons (Fsp3) is 1.00. The first kappa shape index (κ1) is 13.3. The highest BCUT2D eigenvalue weighted by atomic mass is 16.5. The number of ether oxygens (including phenoxy) is 1. The van der Waals surface area contributed by atoms with Crippen LogP contribution in [-0.4, -0.2) is 49.3 Å². The van der Waals surface area contributed by atoms with Gasteiger partial charge in [-0.3, -0.25) is 4.90 Å². The molecule has 3 heteroatoms. The van der Waals surface area contributed by atoms with Gasteiger partial charge in [0.25, 0.3) is 0 Å². The molecule has 0 aromatic heterocycles. The lowest BCUT2D eigenvalue weighted by Gasteiger charge is -2.38. The van der Waals surface area contributed by atoms with Crippen molar-refractivity contribution in [2.45, 2.75) is 57.6 Å². The van der Waals surface area contributed by atoms with Crippen LogP contribution in [0.5, 0.6) is 0 Å². The summed E-state index contributed by atoms with van der Waals surface area (Å²) in [7, 11) is 0. The molecule has 2 aliphatic rings. The number of hydrogen-bond acceptors (Lipinski definition) is 3. The normalized spacial score (nSPS) is 27.2. The molecule has 1 saturated carbocycles. The van der Waals surface area contributed by atoms with E-state index in [9.17, 15) is 0 Å². The molecule has 0 amide bonds. The number of hydrogen-bond donors (Lipinski definition) is 1. The monoisotopic (exact) mass is 240 g/mol. The van der Waals surface area contributed by atoms with Crippen LogP contribution < -0.4 is 5.32 Å². The highest BCUT2D eigenvalue weighted by Crippen LogP contribution is 2.18. The summed E-state index contributed by atoms with van der Waals surface area (Å²) in [4.78, 5) is 2.53. The van der Waals surface area contributed by atoms with Crippen molar-refractivity contribution >= 4 is 0 Å². The SMILES string of the molecule is CC1(C)CN(CCNC2CCCCC2)CCO1. The molecule has 0 aromatic carbocycles. The lowest BCUT2D eigenvalue weighted by atomic mass is 9.95. The van der Waals surface area contributed by atoms with Gasteiger partial charge in [-0.1, -0.05) is 19.3 Å². The second-order valence-electron chi connectivity index (χ2n) is 6.17. The average molecular weight is 240 g/mol. The van der Waals surface area contributed by atoms with Gasteiger partial charge in [-0.05, 0) is 26.7 Å². The van der Waals surface area contributed by atoms with Crippen molar-refractivity contribution in [2.75, 3.05) is 32.8 Å². The lowest BCUT2D eigenvalue weighted by Crippen LogP contribution is -2.50. The van der Waals surface area contributed by atoms with E-state index < -0.39 is 0 Å². The molecule has 0 aromatic rings. The van der Waals surface area contributed by atoms with E-state index in [1.165, 1.54) is 38.6 Å². The number of morpholine rings is 1. The molecule has 100 valence electrons. The van der Waals surface area contributed by atoms with Gasteiger partial charge in [0.05, 0.1) is 12.2 Å². The predicted molar refractivity (Wildman–Crippen MR) is 71.3 cm³/mol. The smallest absolute Gasteiger partial charge is 0.0753 e. The number of nitrogens with zero attached hydrogens (tertiary/aromatic N) is 1. The molecule has 0 spiro atoms. The van der Waals surface area contributed by atoms with Gasteiger partial charge < -0.3 is 10.1 Å². The molecule has 0 radical (unpaired) electrons. The summed E-state index contributed by atoms with van der Waals surface area (Å²) in [6.45, 7) is 9.73. The van der Waals surface area contributed by atoms with E-state index >= 15 is 0 Å². The van der Waals surface area contributed by atoms with Crippen molar-refractivity contribution < 1.29 is 4.74 Å². The summed E-state index contributed by atoms with van der Waals surface area (Å²) in [6.07, 6.45) is 7.05. The minimum absolute atomic E-state index is 0.0447. The van der Waals surface area contributed by atoms with Crippen LogP contribution in [0.3, 0.4) is 0 Å². The Morgan fingerprint density at radius 2 is 2.00 bits per heavy atom. The molecule has 1 aliphatic heterocycles. The maximum atomic E-state index is 5.73. The third-order valence-electron chi connectivity index (χ3n) is 3.97. The summed E-state index contributed by atoms with van der Waals surface area (Å²) in [5, 5.41) is 3.71. The van der Waals surface area contributed by atoms with E-state index in [1.807, 2.05) is 0 Å². The molecule has 1 saturated heterocycles. The van der Waals surface area contributed by atoms with E-state index in [-0.39, 0.29) is 5.60 Å². The van der Waals surface area contributed by atoms with Crippen molar-refractivity contribution in [1.29, 1.82) is 0 Å². The summed E-state index contributed by atoms with van der Waals surface area (Å²) in [5.74, 6) is 0. The van der Waals surface area contributed by atoms with Crippen molar-refractivity contribution in [1.82, 2.24) is 10.2 Å². The van der Waals surface area contributed by atoms with Crippen LogP contribution in [-0.2, 0) is 4.74 Å². The molecular formula is C14H28N2O. The molecule has 1 N–H and O–H groups in total. The van der Waals surface area contributed by atoms with Crippen molar-refractivity contribution in [3.05, 3.63) is 0 Å². The van der Waals surface area contributed by atoms with Crippen molar-refractivity contribution in [3.63, 3.8) is 0 Å². The molecule has 1 heterocycles. The Bertz CT molecular complexity index is 224. The van der Waals surface area contributed by atoms with Crippen LogP contribution in [0.2, 0.25) is 0 Å². The minimum atomic E-state index is 0.0447. The highest BCUT2D eigenvalue weighted by molar-refractivity contribution is 4.80. The third kappa shape index (κ3) is 4.57. The van der Waals surface area contributed by atoms with E-state index in [0.717, 1.165) is 32.3 Å². The Balaban J connectivity index is 1.61. The summed E-state index contributed by atoms with van der Waals surface area (Å²) in [5.41, 5.74) is 0.0447. The molecule has 0 bridgehead atoms. The first-order valence-corrected chi connectivity index (χ1v) is 7.25. The van der Waals surface area contributed by atoms with Crippen LogP contribution in [0, 0.1) is 0 Å². The quantitative estimate of drug-likeness (QED) is 0.813. The molecule has 1 aliphatic carbocycles. The van der Waals surface area contributed by atoms with Gasteiger partial charge in [0.2, 0.25) is 0 Å². The third-order valence-corrected chi connectivity index (χ3v) is 3.97. The lowest BCUT2D eigenvalue weighted by molar-refractivity contribution is -0.0855. The van der Waals surface area contributed by atoms with E-state index in [1.54, 1.807) is 0 Å². The topological polar surface area (TPSA) is 24.5 Å². The molecule has 2 fully saturated rings. The van der Waals surface area contributed by atoms with Gasteiger partial charge in [0.15, 0.2) is 0 Å². The van der Waals surface area contributed by atoms with Gasteiger partial charge in [-0.2, -0.15) is 0 Å². The van der Waals surface area contributed by atoms with E-state index in [2.05, 4.69) is 24.1 Å². The van der Waals surface area contributed by atoms with Gasteiger partial charge in [-0.25, -0.2) is 0 Å². The summed E-state index contributed by atoms with van der Waals surface area (Å²) >= 11 is 0. The van der Waals surface area contributed by atoms with Crippen LogP contribution >= 0.6 is 0 Å². The fourth-order valence-electron chi connectivity index (χ4n) is 3.04.